The summed E-state index contributed by atoms with van der Waals surface area (Å²) in [5, 5.41) is 2.86. The molecule has 0 atom stereocenters. The van der Waals surface area contributed by atoms with Crippen LogP contribution in [0.2, 0.25) is 0 Å². The van der Waals surface area contributed by atoms with E-state index in [0.29, 0.717) is 12.2 Å². The van der Waals surface area contributed by atoms with Gasteiger partial charge in [0.1, 0.15) is 0 Å². The second kappa shape index (κ2) is 5.50. The van der Waals surface area contributed by atoms with Crippen LogP contribution in [0.25, 0.3) is 0 Å². The zero-order valence-corrected chi connectivity index (χ0v) is 8.51. The van der Waals surface area contributed by atoms with Crippen LogP contribution in [0, 0.1) is 5.82 Å². The van der Waals surface area contributed by atoms with Crippen LogP contribution in [-0.2, 0) is 0 Å². The maximum Gasteiger partial charge on any atom is 0.188 e. The summed E-state index contributed by atoms with van der Waals surface area (Å²) in [5.74, 6) is -0.164. The minimum Gasteiger partial charge on any atom is -0.494 e. The standard InChI is InChI=1S/C10H11ClFNO/c1-14-9-5-2-4-8(10(9)12)13-7-3-6-11/h2-6,13H,7H2,1H3/b6-3+. The summed E-state index contributed by atoms with van der Waals surface area (Å²) < 4.78 is 18.3. The van der Waals surface area contributed by atoms with Gasteiger partial charge in [0.15, 0.2) is 11.6 Å². The molecule has 0 heterocycles. The maximum absolute atomic E-state index is 13.5. The SMILES string of the molecule is COc1cccc(NC/C=C/Cl)c1F. The average Bonchev–Trinajstić information content (AvgIpc) is 2.21. The summed E-state index contributed by atoms with van der Waals surface area (Å²) >= 11 is 5.33. The number of methoxy groups -OCH3 is 1. The summed E-state index contributed by atoms with van der Waals surface area (Å²) in [6.45, 7) is 0.480. The number of ether oxygens (including phenoxy) is 1. The predicted octanol–water partition coefficient (Wildman–Crippen LogP) is 3.00. The lowest BCUT2D eigenvalue weighted by Gasteiger charge is -2.07. The molecule has 0 amide bonds. The molecule has 0 spiro atoms. The van der Waals surface area contributed by atoms with E-state index in [9.17, 15) is 4.39 Å². The molecule has 1 aromatic carbocycles. The van der Waals surface area contributed by atoms with Gasteiger partial charge >= 0.3 is 0 Å². The highest BCUT2D eigenvalue weighted by Gasteiger charge is 2.06. The largest absolute Gasteiger partial charge is 0.494 e. The van der Waals surface area contributed by atoms with Gasteiger partial charge in [-0.3, -0.25) is 0 Å². The van der Waals surface area contributed by atoms with Gasteiger partial charge in [0.05, 0.1) is 12.8 Å². The zero-order chi connectivity index (χ0) is 10.4. The Hall–Kier alpha value is -1.22. The smallest absolute Gasteiger partial charge is 0.188 e. The Morgan fingerprint density at radius 3 is 3.00 bits per heavy atom. The third kappa shape index (κ3) is 2.64. The van der Waals surface area contributed by atoms with Crippen molar-refractivity contribution >= 4 is 17.3 Å². The lowest BCUT2D eigenvalue weighted by atomic mass is 10.3. The van der Waals surface area contributed by atoms with Gasteiger partial charge in [0.2, 0.25) is 0 Å². The topological polar surface area (TPSA) is 21.3 Å². The van der Waals surface area contributed by atoms with E-state index >= 15 is 0 Å². The maximum atomic E-state index is 13.5. The Bertz CT molecular complexity index is 328. The molecule has 0 aliphatic heterocycles. The Kier molecular flexibility index (Phi) is 4.26. The molecule has 0 fully saturated rings. The first-order valence-electron chi connectivity index (χ1n) is 4.11. The van der Waals surface area contributed by atoms with E-state index in [1.54, 1.807) is 24.3 Å². The quantitative estimate of drug-likeness (QED) is 0.834. The number of rotatable bonds is 4. The molecule has 0 bridgehead atoms. The van der Waals surface area contributed by atoms with Gasteiger partial charge < -0.3 is 10.1 Å². The molecule has 1 rings (SSSR count). The molecule has 0 saturated heterocycles. The number of benzene rings is 1. The highest BCUT2D eigenvalue weighted by molar-refractivity contribution is 6.25. The van der Waals surface area contributed by atoms with Crippen LogP contribution in [0.4, 0.5) is 10.1 Å². The summed E-state index contributed by atoms with van der Waals surface area (Å²) in [4.78, 5) is 0. The van der Waals surface area contributed by atoms with E-state index in [-0.39, 0.29) is 5.75 Å². The minimum atomic E-state index is -0.391. The lowest BCUT2D eigenvalue weighted by molar-refractivity contribution is 0.387. The summed E-state index contributed by atoms with van der Waals surface area (Å²) in [7, 11) is 1.43. The normalized spacial score (nSPS) is 10.5. The van der Waals surface area contributed by atoms with E-state index in [2.05, 4.69) is 5.32 Å². The monoisotopic (exact) mass is 215 g/mol. The summed E-state index contributed by atoms with van der Waals surface area (Å²) in [5.41, 5.74) is 1.78. The average molecular weight is 216 g/mol. The van der Waals surface area contributed by atoms with Gasteiger partial charge in [-0.25, -0.2) is 4.39 Å². The fraction of sp³-hybridized carbons (Fsp3) is 0.200. The molecule has 14 heavy (non-hydrogen) atoms. The molecule has 76 valence electrons. The Labute approximate surface area is 87.3 Å². The van der Waals surface area contributed by atoms with Crippen molar-refractivity contribution in [3.05, 3.63) is 35.6 Å². The van der Waals surface area contributed by atoms with Crippen molar-refractivity contribution in [1.29, 1.82) is 0 Å². The third-order valence-electron chi connectivity index (χ3n) is 1.68. The van der Waals surface area contributed by atoms with E-state index in [0.717, 1.165) is 0 Å². The van der Waals surface area contributed by atoms with Crippen molar-refractivity contribution in [3.8, 4) is 5.75 Å². The molecular weight excluding hydrogens is 205 g/mol. The summed E-state index contributed by atoms with van der Waals surface area (Å²) in [6.07, 6.45) is 1.68. The van der Waals surface area contributed by atoms with Crippen molar-refractivity contribution in [2.24, 2.45) is 0 Å². The molecule has 1 aromatic rings. The van der Waals surface area contributed by atoms with Crippen molar-refractivity contribution in [1.82, 2.24) is 0 Å². The number of hydrogen-bond donors (Lipinski definition) is 1. The van der Waals surface area contributed by atoms with Crippen LogP contribution in [-0.4, -0.2) is 13.7 Å². The Balaban J connectivity index is 2.76. The van der Waals surface area contributed by atoms with Crippen molar-refractivity contribution in [2.45, 2.75) is 0 Å². The van der Waals surface area contributed by atoms with E-state index in [1.807, 2.05) is 0 Å². The molecule has 2 nitrogen and oxygen atoms in total. The van der Waals surface area contributed by atoms with Crippen molar-refractivity contribution in [3.63, 3.8) is 0 Å². The second-order valence-corrected chi connectivity index (χ2v) is 2.82. The molecular formula is C10H11ClFNO. The predicted molar refractivity (Wildman–Crippen MR) is 56.4 cm³/mol. The van der Waals surface area contributed by atoms with Crippen LogP contribution in [0.3, 0.4) is 0 Å². The molecule has 1 N–H and O–H groups in total. The molecule has 0 aromatic heterocycles. The fourth-order valence-electron chi connectivity index (χ4n) is 1.02. The van der Waals surface area contributed by atoms with E-state index < -0.39 is 5.82 Å². The first-order chi connectivity index (χ1) is 6.79. The Morgan fingerprint density at radius 1 is 1.57 bits per heavy atom. The van der Waals surface area contributed by atoms with Crippen LogP contribution < -0.4 is 10.1 Å². The lowest BCUT2D eigenvalue weighted by Crippen LogP contribution is -2.01. The van der Waals surface area contributed by atoms with Crippen LogP contribution in [0.15, 0.2) is 29.8 Å². The number of halogens is 2. The van der Waals surface area contributed by atoms with Crippen LogP contribution in [0.5, 0.6) is 5.75 Å². The van der Waals surface area contributed by atoms with Crippen LogP contribution >= 0.6 is 11.6 Å². The number of hydrogen-bond acceptors (Lipinski definition) is 2. The van der Waals surface area contributed by atoms with Crippen LogP contribution in [0.1, 0.15) is 0 Å². The van der Waals surface area contributed by atoms with Gasteiger partial charge in [-0.15, -0.1) is 0 Å². The van der Waals surface area contributed by atoms with Gasteiger partial charge in [0, 0.05) is 12.1 Å². The molecule has 0 aliphatic carbocycles. The highest BCUT2D eigenvalue weighted by Crippen LogP contribution is 2.23. The number of anilines is 1. The highest BCUT2D eigenvalue weighted by atomic mass is 35.5. The van der Waals surface area contributed by atoms with E-state index in [1.165, 1.54) is 12.6 Å². The number of nitrogens with one attached hydrogen (secondary N) is 1. The third-order valence-corrected chi connectivity index (χ3v) is 1.86. The van der Waals surface area contributed by atoms with Gasteiger partial charge in [-0.2, -0.15) is 0 Å². The van der Waals surface area contributed by atoms with E-state index in [4.69, 9.17) is 16.3 Å². The van der Waals surface area contributed by atoms with Gasteiger partial charge in [-0.1, -0.05) is 23.7 Å². The molecule has 4 heteroatoms. The molecule has 0 unspecified atom stereocenters. The molecule has 0 aliphatic rings. The van der Waals surface area contributed by atoms with Crippen molar-refractivity contribution in [2.75, 3.05) is 19.0 Å². The second-order valence-electron chi connectivity index (χ2n) is 2.56. The summed E-state index contributed by atoms with van der Waals surface area (Å²) in [6, 6.07) is 4.92. The first-order valence-corrected chi connectivity index (χ1v) is 4.55. The van der Waals surface area contributed by atoms with Gasteiger partial charge in [-0.05, 0) is 12.1 Å². The van der Waals surface area contributed by atoms with Crippen molar-refractivity contribution < 1.29 is 9.13 Å². The zero-order valence-electron chi connectivity index (χ0n) is 7.76. The minimum absolute atomic E-state index is 0.227. The molecule has 0 saturated carbocycles. The first kappa shape index (κ1) is 10.9. The fourth-order valence-corrected chi connectivity index (χ4v) is 1.11. The molecule has 0 radical (unpaired) electrons. The Morgan fingerprint density at radius 2 is 2.36 bits per heavy atom. The van der Waals surface area contributed by atoms with Gasteiger partial charge in [0.25, 0.3) is 0 Å².